The zero-order valence-electron chi connectivity index (χ0n) is 6.86. The molecule has 0 N–H and O–H groups in total. The van der Waals surface area contributed by atoms with E-state index >= 15 is 0 Å². The molecule has 2 rings (SSSR count). The highest BCUT2D eigenvalue weighted by Gasteiger charge is 2.23. The van der Waals surface area contributed by atoms with E-state index in [1.165, 1.54) is 0 Å². The van der Waals surface area contributed by atoms with Crippen molar-refractivity contribution < 1.29 is 4.74 Å². The lowest BCUT2D eigenvalue weighted by atomic mass is 10.4. The Hall–Kier alpha value is -1.16. The number of hydrogen-bond donors (Lipinski definition) is 0. The molecule has 0 aliphatic carbocycles. The minimum absolute atomic E-state index is 0.198. The zero-order chi connectivity index (χ0) is 8.55. The molecule has 4 heteroatoms. The van der Waals surface area contributed by atoms with E-state index in [1.807, 2.05) is 6.92 Å². The molecule has 12 heavy (non-hydrogen) atoms. The molecule has 1 aromatic rings. The van der Waals surface area contributed by atoms with E-state index in [0.29, 0.717) is 6.54 Å². The minimum atomic E-state index is -0.198. The standard InChI is InChI=1S/C8H10N2O2/c1-6-2-9-8(11)10(3-6)4-7-5-12-7/h2-3,7H,4-5H2,1H3/t7-/m1/s1. The SMILES string of the molecule is Cc1cnc(=O)n(C[C@@H]2CO2)c1. The molecule has 0 saturated carbocycles. The van der Waals surface area contributed by atoms with E-state index in [0.717, 1.165) is 12.2 Å². The van der Waals surface area contributed by atoms with Crippen LogP contribution in [0.15, 0.2) is 17.2 Å². The number of epoxide rings is 1. The maximum absolute atomic E-state index is 11.1. The molecule has 0 aromatic carbocycles. The number of nitrogens with zero attached hydrogens (tertiary/aromatic N) is 2. The van der Waals surface area contributed by atoms with Crippen molar-refractivity contribution in [1.82, 2.24) is 9.55 Å². The quantitative estimate of drug-likeness (QED) is 0.579. The number of rotatable bonds is 2. The molecule has 1 atom stereocenters. The van der Waals surface area contributed by atoms with Crippen LogP contribution in [-0.2, 0) is 11.3 Å². The van der Waals surface area contributed by atoms with Crippen molar-refractivity contribution in [2.75, 3.05) is 6.61 Å². The van der Waals surface area contributed by atoms with Crippen molar-refractivity contribution in [1.29, 1.82) is 0 Å². The fourth-order valence-corrected chi connectivity index (χ4v) is 1.09. The second-order valence-electron chi connectivity index (χ2n) is 3.02. The van der Waals surface area contributed by atoms with Crippen LogP contribution in [-0.4, -0.2) is 22.3 Å². The van der Waals surface area contributed by atoms with Gasteiger partial charge in [0.1, 0.15) is 0 Å². The first-order chi connectivity index (χ1) is 5.75. The Kier molecular flexibility index (Phi) is 1.69. The van der Waals surface area contributed by atoms with Gasteiger partial charge in [0.15, 0.2) is 0 Å². The van der Waals surface area contributed by atoms with Gasteiger partial charge in [-0.3, -0.25) is 4.57 Å². The predicted octanol–water partition coefficient (Wildman–Crippen LogP) is -0.0495. The van der Waals surface area contributed by atoms with E-state index in [9.17, 15) is 4.79 Å². The summed E-state index contributed by atoms with van der Waals surface area (Å²) in [5, 5.41) is 0. The normalized spacial score (nSPS) is 20.9. The molecule has 0 amide bonds. The topological polar surface area (TPSA) is 47.4 Å². The summed E-state index contributed by atoms with van der Waals surface area (Å²) in [4.78, 5) is 14.8. The van der Waals surface area contributed by atoms with Gasteiger partial charge in [-0.2, -0.15) is 0 Å². The molecule has 0 bridgehead atoms. The van der Waals surface area contributed by atoms with E-state index in [-0.39, 0.29) is 11.8 Å². The molecule has 2 heterocycles. The molecule has 0 unspecified atom stereocenters. The zero-order valence-corrected chi connectivity index (χ0v) is 6.86. The summed E-state index contributed by atoms with van der Waals surface area (Å²) in [6, 6.07) is 0. The van der Waals surface area contributed by atoms with Gasteiger partial charge in [0.05, 0.1) is 19.3 Å². The first kappa shape index (κ1) is 7.49. The van der Waals surface area contributed by atoms with Crippen molar-refractivity contribution in [2.24, 2.45) is 0 Å². The molecule has 1 aliphatic rings. The summed E-state index contributed by atoms with van der Waals surface area (Å²) in [7, 11) is 0. The van der Waals surface area contributed by atoms with Crippen molar-refractivity contribution in [3.05, 3.63) is 28.4 Å². The summed E-state index contributed by atoms with van der Waals surface area (Å²) in [6.07, 6.45) is 3.61. The van der Waals surface area contributed by atoms with Crippen LogP contribution in [0.5, 0.6) is 0 Å². The lowest BCUT2D eigenvalue weighted by Gasteiger charge is -2.01. The summed E-state index contributed by atoms with van der Waals surface area (Å²) < 4.78 is 6.61. The van der Waals surface area contributed by atoms with Crippen LogP contribution in [0, 0.1) is 6.92 Å². The van der Waals surface area contributed by atoms with Crippen LogP contribution in [0.2, 0.25) is 0 Å². The van der Waals surface area contributed by atoms with Gasteiger partial charge in [0.2, 0.25) is 0 Å². The second-order valence-corrected chi connectivity index (χ2v) is 3.02. The Morgan fingerprint density at radius 2 is 2.58 bits per heavy atom. The van der Waals surface area contributed by atoms with Gasteiger partial charge in [0, 0.05) is 12.4 Å². The molecule has 64 valence electrons. The van der Waals surface area contributed by atoms with E-state index in [1.54, 1.807) is 17.0 Å². The summed E-state index contributed by atoms with van der Waals surface area (Å²) in [5.41, 5.74) is 0.798. The van der Waals surface area contributed by atoms with E-state index in [4.69, 9.17) is 4.74 Å². The summed E-state index contributed by atoms with van der Waals surface area (Å²) in [6.45, 7) is 3.31. The van der Waals surface area contributed by atoms with Crippen molar-refractivity contribution >= 4 is 0 Å². The smallest absolute Gasteiger partial charge is 0.347 e. The Bertz CT molecular complexity index is 341. The maximum Gasteiger partial charge on any atom is 0.347 e. The Morgan fingerprint density at radius 1 is 1.83 bits per heavy atom. The third-order valence-corrected chi connectivity index (χ3v) is 1.79. The van der Waals surface area contributed by atoms with Crippen LogP contribution < -0.4 is 5.69 Å². The van der Waals surface area contributed by atoms with Crippen molar-refractivity contribution in [3.8, 4) is 0 Å². The molecule has 1 saturated heterocycles. The summed E-state index contributed by atoms with van der Waals surface area (Å²) in [5.74, 6) is 0. The molecule has 0 radical (unpaired) electrons. The minimum Gasteiger partial charge on any atom is -0.371 e. The van der Waals surface area contributed by atoms with Crippen molar-refractivity contribution in [2.45, 2.75) is 19.6 Å². The molecule has 1 aromatic heterocycles. The average Bonchev–Trinajstić information content (AvgIpc) is 2.81. The third-order valence-electron chi connectivity index (χ3n) is 1.79. The molecule has 1 aliphatic heterocycles. The third kappa shape index (κ3) is 1.53. The number of hydrogen-bond acceptors (Lipinski definition) is 3. The van der Waals surface area contributed by atoms with E-state index in [2.05, 4.69) is 4.98 Å². The van der Waals surface area contributed by atoms with Gasteiger partial charge in [-0.15, -0.1) is 0 Å². The summed E-state index contributed by atoms with van der Waals surface area (Å²) >= 11 is 0. The maximum atomic E-state index is 11.1. The highest BCUT2D eigenvalue weighted by atomic mass is 16.6. The molecular weight excluding hydrogens is 156 g/mol. The van der Waals surface area contributed by atoms with Crippen LogP contribution in [0.4, 0.5) is 0 Å². The van der Waals surface area contributed by atoms with E-state index < -0.39 is 0 Å². The number of aromatic nitrogens is 2. The molecule has 1 fully saturated rings. The van der Waals surface area contributed by atoms with Gasteiger partial charge < -0.3 is 4.74 Å². The number of ether oxygens (including phenoxy) is 1. The van der Waals surface area contributed by atoms with Gasteiger partial charge in [0.25, 0.3) is 0 Å². The Balaban J connectivity index is 2.27. The highest BCUT2D eigenvalue weighted by Crippen LogP contribution is 2.10. The van der Waals surface area contributed by atoms with Crippen molar-refractivity contribution in [3.63, 3.8) is 0 Å². The second kappa shape index (κ2) is 2.71. The van der Waals surface area contributed by atoms with Crippen LogP contribution >= 0.6 is 0 Å². The van der Waals surface area contributed by atoms with Gasteiger partial charge in [-0.05, 0) is 12.5 Å². The Labute approximate surface area is 69.8 Å². The lowest BCUT2D eigenvalue weighted by Crippen LogP contribution is -2.24. The van der Waals surface area contributed by atoms with Gasteiger partial charge in [-0.25, -0.2) is 9.78 Å². The fourth-order valence-electron chi connectivity index (χ4n) is 1.09. The first-order valence-electron chi connectivity index (χ1n) is 3.90. The Morgan fingerprint density at radius 3 is 3.25 bits per heavy atom. The largest absolute Gasteiger partial charge is 0.371 e. The monoisotopic (exact) mass is 166 g/mol. The average molecular weight is 166 g/mol. The number of aryl methyl sites for hydroxylation is 1. The fraction of sp³-hybridized carbons (Fsp3) is 0.500. The first-order valence-corrected chi connectivity index (χ1v) is 3.90. The highest BCUT2D eigenvalue weighted by molar-refractivity contribution is 5.00. The lowest BCUT2D eigenvalue weighted by molar-refractivity contribution is 0.378. The molecule has 4 nitrogen and oxygen atoms in total. The van der Waals surface area contributed by atoms with Crippen LogP contribution in [0.1, 0.15) is 5.56 Å². The van der Waals surface area contributed by atoms with Gasteiger partial charge in [-0.1, -0.05) is 0 Å². The molecule has 0 spiro atoms. The van der Waals surface area contributed by atoms with Gasteiger partial charge >= 0.3 is 5.69 Å². The van der Waals surface area contributed by atoms with Crippen LogP contribution in [0.25, 0.3) is 0 Å². The molecular formula is C8H10N2O2. The predicted molar refractivity (Wildman–Crippen MR) is 43.0 cm³/mol. The van der Waals surface area contributed by atoms with Crippen LogP contribution in [0.3, 0.4) is 0 Å².